The molecule has 0 saturated carbocycles. The average molecular weight is 334 g/mol. The molecule has 1 aliphatic heterocycles. The second-order valence-corrected chi connectivity index (χ2v) is 6.22. The fraction of sp³-hybridized carbons (Fsp3) is 0.300. The van der Waals surface area contributed by atoms with Crippen LogP contribution in [0.3, 0.4) is 0 Å². The van der Waals surface area contributed by atoms with Crippen LogP contribution >= 0.6 is 0 Å². The van der Waals surface area contributed by atoms with Gasteiger partial charge in [0.2, 0.25) is 0 Å². The van der Waals surface area contributed by atoms with Gasteiger partial charge in [0.1, 0.15) is 0 Å². The normalized spacial score (nSPS) is 14.8. The quantitative estimate of drug-likeness (QED) is 0.935. The van der Waals surface area contributed by atoms with Gasteiger partial charge in [0.25, 0.3) is 0 Å². The second-order valence-electron chi connectivity index (χ2n) is 6.22. The van der Waals surface area contributed by atoms with Crippen LogP contribution in [0.4, 0.5) is 4.79 Å². The summed E-state index contributed by atoms with van der Waals surface area (Å²) in [6.45, 7) is 4.50. The predicted octanol–water partition coefficient (Wildman–Crippen LogP) is 2.59. The highest BCUT2D eigenvalue weighted by molar-refractivity contribution is 5.74. The van der Waals surface area contributed by atoms with Crippen LogP contribution in [0.5, 0.6) is 0 Å². The van der Waals surface area contributed by atoms with Crippen molar-refractivity contribution in [3.63, 3.8) is 0 Å². The Morgan fingerprint density at radius 1 is 1.00 bits per heavy atom. The largest absolute Gasteiger partial charge is 0.334 e. The van der Waals surface area contributed by atoms with E-state index in [2.05, 4.69) is 16.3 Å². The molecule has 0 aliphatic carbocycles. The zero-order valence-electron chi connectivity index (χ0n) is 14.2. The molecule has 0 spiro atoms. The molecular weight excluding hydrogens is 312 g/mol. The third-order valence-corrected chi connectivity index (χ3v) is 4.41. The van der Waals surface area contributed by atoms with Gasteiger partial charge in [0.15, 0.2) is 0 Å². The number of hydrogen-bond donors (Lipinski definition) is 1. The van der Waals surface area contributed by atoms with Gasteiger partial charge in [-0.25, -0.2) is 4.79 Å². The number of nitrogens with zero attached hydrogens (tertiary/aromatic N) is 3. The maximum Gasteiger partial charge on any atom is 0.317 e. The first-order valence-corrected chi connectivity index (χ1v) is 8.53. The summed E-state index contributed by atoms with van der Waals surface area (Å²) >= 11 is 0. The Kier molecular flexibility index (Phi) is 5.65. The van der Waals surface area contributed by atoms with E-state index in [0.29, 0.717) is 12.1 Å². The molecule has 0 bridgehead atoms. The summed E-state index contributed by atoms with van der Waals surface area (Å²) in [6.07, 6.45) is 0. The van der Waals surface area contributed by atoms with Gasteiger partial charge in [-0.15, -0.1) is 0 Å². The van der Waals surface area contributed by atoms with Crippen molar-refractivity contribution in [3.05, 3.63) is 71.3 Å². The Morgan fingerprint density at radius 2 is 1.72 bits per heavy atom. The van der Waals surface area contributed by atoms with Gasteiger partial charge in [-0.05, 0) is 23.3 Å². The minimum atomic E-state index is -0.00465. The topological polar surface area (TPSA) is 59.4 Å². The molecule has 3 rings (SSSR count). The lowest BCUT2D eigenvalue weighted by Crippen LogP contribution is -2.51. The molecule has 25 heavy (non-hydrogen) atoms. The molecule has 1 aliphatic rings. The van der Waals surface area contributed by atoms with E-state index < -0.39 is 0 Å². The van der Waals surface area contributed by atoms with Crippen molar-refractivity contribution in [1.82, 2.24) is 15.1 Å². The van der Waals surface area contributed by atoms with E-state index in [1.54, 1.807) is 0 Å². The molecule has 2 aromatic rings. The Labute approximate surface area is 148 Å². The zero-order valence-corrected chi connectivity index (χ0v) is 14.2. The van der Waals surface area contributed by atoms with E-state index in [9.17, 15) is 4.79 Å². The fourth-order valence-electron chi connectivity index (χ4n) is 2.99. The van der Waals surface area contributed by atoms with E-state index >= 15 is 0 Å². The number of urea groups is 1. The van der Waals surface area contributed by atoms with Crippen molar-refractivity contribution in [2.75, 3.05) is 26.2 Å². The molecule has 1 fully saturated rings. The van der Waals surface area contributed by atoms with Gasteiger partial charge < -0.3 is 10.2 Å². The molecule has 128 valence electrons. The molecule has 0 aromatic heterocycles. The molecule has 1 saturated heterocycles. The van der Waals surface area contributed by atoms with E-state index in [1.807, 2.05) is 59.5 Å². The number of amides is 2. The lowest BCUT2D eigenvalue weighted by molar-refractivity contribution is 0.135. The van der Waals surface area contributed by atoms with Crippen LogP contribution in [-0.4, -0.2) is 42.0 Å². The van der Waals surface area contributed by atoms with E-state index in [-0.39, 0.29) is 6.03 Å². The number of carbonyl (C=O) groups is 1. The van der Waals surface area contributed by atoms with Crippen LogP contribution in [0.15, 0.2) is 54.6 Å². The summed E-state index contributed by atoms with van der Waals surface area (Å²) in [5.74, 6) is 0. The molecule has 1 N–H and O–H groups in total. The summed E-state index contributed by atoms with van der Waals surface area (Å²) in [6, 6.07) is 19.8. The van der Waals surface area contributed by atoms with E-state index in [1.165, 1.54) is 0 Å². The van der Waals surface area contributed by atoms with Crippen LogP contribution in [0.1, 0.15) is 16.7 Å². The highest BCUT2D eigenvalue weighted by Crippen LogP contribution is 2.10. The van der Waals surface area contributed by atoms with Crippen molar-refractivity contribution in [3.8, 4) is 6.07 Å². The van der Waals surface area contributed by atoms with Gasteiger partial charge in [-0.2, -0.15) is 5.26 Å². The Bertz CT molecular complexity index is 746. The van der Waals surface area contributed by atoms with Crippen molar-refractivity contribution in [2.24, 2.45) is 0 Å². The molecule has 0 atom stereocenters. The minimum Gasteiger partial charge on any atom is -0.334 e. The first kappa shape index (κ1) is 17.0. The minimum absolute atomic E-state index is 0.00465. The summed E-state index contributed by atoms with van der Waals surface area (Å²) in [4.78, 5) is 16.5. The maximum absolute atomic E-state index is 12.3. The highest BCUT2D eigenvalue weighted by atomic mass is 16.2. The molecule has 5 heteroatoms. The number of nitriles is 1. The van der Waals surface area contributed by atoms with Crippen LogP contribution in [0, 0.1) is 11.3 Å². The Balaban J connectivity index is 1.45. The van der Waals surface area contributed by atoms with Crippen LogP contribution in [-0.2, 0) is 13.1 Å². The van der Waals surface area contributed by atoms with Gasteiger partial charge in [0, 0.05) is 39.3 Å². The number of rotatable bonds is 4. The highest BCUT2D eigenvalue weighted by Gasteiger charge is 2.20. The van der Waals surface area contributed by atoms with Crippen molar-refractivity contribution in [1.29, 1.82) is 5.26 Å². The number of nitrogens with one attached hydrogen (secondary N) is 1. The Morgan fingerprint density at radius 3 is 2.44 bits per heavy atom. The number of carbonyl (C=O) groups excluding carboxylic acids is 1. The summed E-state index contributed by atoms with van der Waals surface area (Å²) in [7, 11) is 0. The first-order valence-electron chi connectivity index (χ1n) is 8.53. The standard InChI is InChI=1S/C20H22N4O/c21-14-18-7-4-8-19(13-18)16-23-9-11-24(12-10-23)20(25)22-15-17-5-2-1-3-6-17/h1-8,13H,9-12,15-16H2,(H,22,25). The number of hydrogen-bond acceptors (Lipinski definition) is 3. The first-order chi connectivity index (χ1) is 12.2. The van der Waals surface area contributed by atoms with Gasteiger partial charge in [0.05, 0.1) is 11.6 Å². The third-order valence-electron chi connectivity index (χ3n) is 4.41. The average Bonchev–Trinajstić information content (AvgIpc) is 2.67. The lowest BCUT2D eigenvalue weighted by Gasteiger charge is -2.34. The predicted molar refractivity (Wildman–Crippen MR) is 96.7 cm³/mol. The van der Waals surface area contributed by atoms with E-state index in [4.69, 9.17) is 5.26 Å². The maximum atomic E-state index is 12.3. The molecule has 0 unspecified atom stereocenters. The van der Waals surface area contributed by atoms with Crippen LogP contribution < -0.4 is 5.32 Å². The SMILES string of the molecule is N#Cc1cccc(CN2CCN(C(=O)NCc3ccccc3)CC2)c1. The molecule has 0 radical (unpaired) electrons. The van der Waals surface area contributed by atoms with Gasteiger partial charge >= 0.3 is 6.03 Å². The van der Waals surface area contributed by atoms with Crippen molar-refractivity contribution < 1.29 is 4.79 Å². The molecule has 2 amide bonds. The fourth-order valence-corrected chi connectivity index (χ4v) is 2.99. The van der Waals surface area contributed by atoms with Crippen molar-refractivity contribution in [2.45, 2.75) is 13.1 Å². The van der Waals surface area contributed by atoms with Gasteiger partial charge in [-0.3, -0.25) is 4.90 Å². The second kappa shape index (κ2) is 8.32. The lowest BCUT2D eigenvalue weighted by atomic mass is 10.1. The summed E-state index contributed by atoms with van der Waals surface area (Å²) < 4.78 is 0. The number of piperazine rings is 1. The summed E-state index contributed by atoms with van der Waals surface area (Å²) in [5.41, 5.74) is 2.93. The van der Waals surface area contributed by atoms with Crippen LogP contribution in [0.2, 0.25) is 0 Å². The molecule has 5 nitrogen and oxygen atoms in total. The van der Waals surface area contributed by atoms with Crippen molar-refractivity contribution >= 4 is 6.03 Å². The molecular formula is C20H22N4O. The molecule has 2 aromatic carbocycles. The monoisotopic (exact) mass is 334 g/mol. The zero-order chi connectivity index (χ0) is 17.5. The number of benzene rings is 2. The summed E-state index contributed by atoms with van der Waals surface area (Å²) in [5, 5.41) is 12.0. The van der Waals surface area contributed by atoms with Crippen LogP contribution in [0.25, 0.3) is 0 Å². The molecule has 1 heterocycles. The van der Waals surface area contributed by atoms with E-state index in [0.717, 1.165) is 43.9 Å². The third kappa shape index (κ3) is 4.82. The smallest absolute Gasteiger partial charge is 0.317 e. The van der Waals surface area contributed by atoms with Gasteiger partial charge in [-0.1, -0.05) is 42.5 Å². The Hall–Kier alpha value is -2.84.